The first kappa shape index (κ1) is 18.5. The summed E-state index contributed by atoms with van der Waals surface area (Å²) in [7, 11) is 0. The average molecular weight is 418 g/mol. The number of fused-ring (bicyclic) bond motifs is 1. The maximum atomic E-state index is 12.7. The van der Waals surface area contributed by atoms with E-state index in [2.05, 4.69) is 9.97 Å². The van der Waals surface area contributed by atoms with E-state index < -0.39 is 0 Å². The molecule has 1 aliphatic rings. The molecule has 4 rings (SSSR count). The van der Waals surface area contributed by atoms with Crippen molar-refractivity contribution in [1.82, 2.24) is 14.5 Å². The molecule has 0 saturated carbocycles. The van der Waals surface area contributed by atoms with Gasteiger partial charge in [-0.3, -0.25) is 9.55 Å². The predicted octanol–water partition coefficient (Wildman–Crippen LogP) is 4.77. The first-order valence-electron chi connectivity index (χ1n) is 8.70. The van der Waals surface area contributed by atoms with Crippen molar-refractivity contribution in [3.8, 4) is 0 Å². The van der Waals surface area contributed by atoms with E-state index >= 15 is 0 Å². The van der Waals surface area contributed by atoms with Gasteiger partial charge in [0.2, 0.25) is 0 Å². The molecule has 138 valence electrons. The lowest BCUT2D eigenvalue weighted by atomic mass is 10.2. The molecule has 3 aromatic rings. The molecule has 2 aromatic heterocycles. The molecule has 0 aliphatic heterocycles. The van der Waals surface area contributed by atoms with Gasteiger partial charge in [-0.25, -0.2) is 4.79 Å². The SMILES string of the molecule is O=c1nc(SCc2ccc(Cl)c(Cl)c2)c2c(n1Cc1ccncc1)CCC2. The van der Waals surface area contributed by atoms with E-state index in [9.17, 15) is 4.79 Å². The van der Waals surface area contributed by atoms with E-state index in [0.29, 0.717) is 22.3 Å². The Labute approximate surface area is 171 Å². The van der Waals surface area contributed by atoms with Gasteiger partial charge in [-0.15, -0.1) is 11.8 Å². The molecule has 0 saturated heterocycles. The lowest BCUT2D eigenvalue weighted by Crippen LogP contribution is -2.27. The standard InChI is InChI=1S/C20H17Cl2N3OS/c21-16-5-4-14(10-17(16)22)12-27-19-15-2-1-3-18(15)25(20(26)24-19)11-13-6-8-23-9-7-13/h4-10H,1-3,11-12H2. The van der Waals surface area contributed by atoms with Crippen LogP contribution in [0.2, 0.25) is 10.0 Å². The smallest absolute Gasteiger partial charge is 0.292 e. The summed E-state index contributed by atoms with van der Waals surface area (Å²) in [6.45, 7) is 0.536. The van der Waals surface area contributed by atoms with Crippen LogP contribution in [0.25, 0.3) is 0 Å². The highest BCUT2D eigenvalue weighted by Crippen LogP contribution is 2.32. The van der Waals surface area contributed by atoms with Gasteiger partial charge in [0.05, 0.1) is 16.6 Å². The number of hydrogen-bond donors (Lipinski definition) is 0. The summed E-state index contributed by atoms with van der Waals surface area (Å²) >= 11 is 13.7. The van der Waals surface area contributed by atoms with E-state index in [-0.39, 0.29) is 5.69 Å². The Morgan fingerprint density at radius 1 is 1.04 bits per heavy atom. The Kier molecular flexibility index (Phi) is 5.53. The fraction of sp³-hybridized carbons (Fsp3) is 0.250. The zero-order chi connectivity index (χ0) is 18.8. The molecular formula is C20H17Cl2N3OS. The highest BCUT2D eigenvalue weighted by molar-refractivity contribution is 7.98. The molecule has 0 spiro atoms. The number of rotatable bonds is 5. The molecule has 2 heterocycles. The summed E-state index contributed by atoms with van der Waals surface area (Å²) in [5.74, 6) is 0.699. The molecule has 27 heavy (non-hydrogen) atoms. The Morgan fingerprint density at radius 2 is 1.85 bits per heavy atom. The first-order chi connectivity index (χ1) is 13.1. The molecule has 0 amide bonds. The largest absolute Gasteiger partial charge is 0.349 e. The minimum atomic E-state index is -0.191. The van der Waals surface area contributed by atoms with Crippen molar-refractivity contribution in [3.05, 3.63) is 85.6 Å². The second-order valence-corrected chi connectivity index (χ2v) is 8.24. The third-order valence-electron chi connectivity index (χ3n) is 4.65. The van der Waals surface area contributed by atoms with E-state index in [0.717, 1.165) is 41.1 Å². The minimum absolute atomic E-state index is 0.191. The summed E-state index contributed by atoms with van der Waals surface area (Å²) in [5.41, 5.74) is 4.24. The fourth-order valence-electron chi connectivity index (χ4n) is 3.32. The number of aromatic nitrogens is 3. The van der Waals surface area contributed by atoms with Crippen molar-refractivity contribution < 1.29 is 0 Å². The summed E-state index contributed by atoms with van der Waals surface area (Å²) < 4.78 is 1.81. The molecule has 7 heteroatoms. The van der Waals surface area contributed by atoms with Crippen LogP contribution in [-0.2, 0) is 25.1 Å². The number of pyridine rings is 1. The highest BCUT2D eigenvalue weighted by atomic mass is 35.5. The van der Waals surface area contributed by atoms with Crippen LogP contribution in [0.5, 0.6) is 0 Å². The zero-order valence-corrected chi connectivity index (χ0v) is 16.8. The Morgan fingerprint density at radius 3 is 2.63 bits per heavy atom. The van der Waals surface area contributed by atoms with Crippen LogP contribution < -0.4 is 5.69 Å². The molecule has 0 radical (unpaired) electrons. The predicted molar refractivity (Wildman–Crippen MR) is 110 cm³/mol. The third-order valence-corrected chi connectivity index (χ3v) is 6.48. The zero-order valence-electron chi connectivity index (χ0n) is 14.5. The lowest BCUT2D eigenvalue weighted by Gasteiger charge is -2.14. The van der Waals surface area contributed by atoms with Crippen molar-refractivity contribution in [2.45, 2.75) is 36.6 Å². The molecule has 1 aromatic carbocycles. The van der Waals surface area contributed by atoms with E-state index in [4.69, 9.17) is 23.2 Å². The van der Waals surface area contributed by atoms with Gasteiger partial charge in [0.1, 0.15) is 5.03 Å². The number of halogens is 2. The summed E-state index contributed by atoms with van der Waals surface area (Å²) in [5, 5.41) is 1.92. The summed E-state index contributed by atoms with van der Waals surface area (Å²) in [6, 6.07) is 9.47. The summed E-state index contributed by atoms with van der Waals surface area (Å²) in [4.78, 5) is 21.1. The molecule has 1 aliphatic carbocycles. The Bertz CT molecular complexity index is 1040. The van der Waals surface area contributed by atoms with Gasteiger partial charge in [0.15, 0.2) is 0 Å². The van der Waals surface area contributed by atoms with Crippen molar-refractivity contribution in [2.75, 3.05) is 0 Å². The second kappa shape index (κ2) is 8.05. The minimum Gasteiger partial charge on any atom is -0.292 e. The van der Waals surface area contributed by atoms with Gasteiger partial charge in [-0.1, -0.05) is 29.3 Å². The molecular weight excluding hydrogens is 401 g/mol. The van der Waals surface area contributed by atoms with Gasteiger partial charge in [0, 0.05) is 29.4 Å². The molecule has 4 nitrogen and oxygen atoms in total. The van der Waals surface area contributed by atoms with Crippen LogP contribution in [0, 0.1) is 0 Å². The van der Waals surface area contributed by atoms with Crippen molar-refractivity contribution in [1.29, 1.82) is 0 Å². The monoisotopic (exact) mass is 417 g/mol. The van der Waals surface area contributed by atoms with Crippen LogP contribution in [0.4, 0.5) is 0 Å². The lowest BCUT2D eigenvalue weighted by molar-refractivity contribution is 0.666. The van der Waals surface area contributed by atoms with E-state index in [1.165, 1.54) is 5.56 Å². The molecule has 0 N–H and O–H groups in total. The normalized spacial score (nSPS) is 13.0. The first-order valence-corrected chi connectivity index (χ1v) is 10.4. The molecule has 0 atom stereocenters. The molecule has 0 unspecified atom stereocenters. The van der Waals surface area contributed by atoms with Crippen LogP contribution in [0.15, 0.2) is 52.5 Å². The van der Waals surface area contributed by atoms with Crippen LogP contribution in [0.1, 0.15) is 28.8 Å². The maximum Gasteiger partial charge on any atom is 0.349 e. The van der Waals surface area contributed by atoms with Gasteiger partial charge in [-0.2, -0.15) is 4.98 Å². The van der Waals surface area contributed by atoms with E-state index in [1.807, 2.05) is 24.3 Å². The van der Waals surface area contributed by atoms with Crippen molar-refractivity contribution in [2.24, 2.45) is 0 Å². The van der Waals surface area contributed by atoms with Gasteiger partial charge in [-0.05, 0) is 54.7 Å². The molecule has 0 bridgehead atoms. The summed E-state index contributed by atoms with van der Waals surface area (Å²) in [6.07, 6.45) is 6.42. The quantitative estimate of drug-likeness (QED) is 0.442. The van der Waals surface area contributed by atoms with Crippen LogP contribution in [0.3, 0.4) is 0 Å². The highest BCUT2D eigenvalue weighted by Gasteiger charge is 2.22. The Hall–Kier alpha value is -1.82. The van der Waals surface area contributed by atoms with Crippen molar-refractivity contribution >= 4 is 35.0 Å². The second-order valence-electron chi connectivity index (χ2n) is 6.46. The fourth-order valence-corrected chi connectivity index (χ4v) is 4.66. The Balaban J connectivity index is 1.61. The maximum absolute atomic E-state index is 12.7. The molecule has 0 fully saturated rings. The number of benzene rings is 1. The van der Waals surface area contributed by atoms with Crippen molar-refractivity contribution in [3.63, 3.8) is 0 Å². The van der Waals surface area contributed by atoms with Gasteiger partial charge < -0.3 is 0 Å². The topological polar surface area (TPSA) is 47.8 Å². The van der Waals surface area contributed by atoms with Crippen LogP contribution >= 0.6 is 35.0 Å². The average Bonchev–Trinajstić information content (AvgIpc) is 3.16. The number of hydrogen-bond acceptors (Lipinski definition) is 4. The number of thioether (sulfide) groups is 1. The van der Waals surface area contributed by atoms with Gasteiger partial charge >= 0.3 is 5.69 Å². The van der Waals surface area contributed by atoms with Crippen LogP contribution in [-0.4, -0.2) is 14.5 Å². The van der Waals surface area contributed by atoms with E-state index in [1.54, 1.807) is 34.8 Å². The third kappa shape index (κ3) is 4.05. The number of nitrogens with zero attached hydrogens (tertiary/aromatic N) is 3. The van der Waals surface area contributed by atoms with Gasteiger partial charge in [0.25, 0.3) is 0 Å².